The summed E-state index contributed by atoms with van der Waals surface area (Å²) in [4.78, 5) is 13.6. The predicted molar refractivity (Wildman–Crippen MR) is 96.6 cm³/mol. The summed E-state index contributed by atoms with van der Waals surface area (Å²) in [5, 5.41) is 0. The van der Waals surface area contributed by atoms with Gasteiger partial charge in [0.25, 0.3) is 0 Å². The topological polar surface area (TPSA) is 54.5 Å². The summed E-state index contributed by atoms with van der Waals surface area (Å²) < 4.78 is 62.8. The summed E-state index contributed by atoms with van der Waals surface area (Å²) >= 11 is 0. The smallest absolute Gasteiger partial charge is 0.341 e. The van der Waals surface area contributed by atoms with E-state index in [9.17, 15) is 26.4 Å². The molecule has 2 aromatic rings. The molecule has 1 amide bonds. The average Bonchev–Trinajstić information content (AvgIpc) is 2.55. The molecule has 0 atom stereocenters. The first kappa shape index (κ1) is 21.0. The Hall–Kier alpha value is -2.35. The molecule has 0 bridgehead atoms. The molecule has 4 nitrogen and oxygen atoms in total. The van der Waals surface area contributed by atoms with E-state index in [1.807, 2.05) is 31.2 Å². The molecule has 0 saturated heterocycles. The van der Waals surface area contributed by atoms with E-state index in [0.29, 0.717) is 0 Å². The molecular formula is C19H20F3NO3S. The van der Waals surface area contributed by atoms with Crippen molar-refractivity contribution in [1.82, 2.24) is 4.90 Å². The maximum Gasteiger partial charge on any atom is 0.416 e. The molecule has 8 heteroatoms. The van der Waals surface area contributed by atoms with Crippen molar-refractivity contribution in [3.8, 4) is 0 Å². The number of rotatable bonds is 6. The molecule has 0 radical (unpaired) electrons. The van der Waals surface area contributed by atoms with Crippen LogP contribution >= 0.6 is 0 Å². The first-order valence-electron chi connectivity index (χ1n) is 8.13. The van der Waals surface area contributed by atoms with Gasteiger partial charge in [0.15, 0.2) is 9.84 Å². The fourth-order valence-corrected chi connectivity index (χ4v) is 3.96. The molecule has 0 aliphatic heterocycles. The van der Waals surface area contributed by atoms with E-state index in [0.717, 1.165) is 29.3 Å². The zero-order valence-corrected chi connectivity index (χ0v) is 15.8. The number of sulfone groups is 1. The molecule has 146 valence electrons. The van der Waals surface area contributed by atoms with E-state index < -0.39 is 39.0 Å². The van der Waals surface area contributed by atoms with E-state index in [-0.39, 0.29) is 12.1 Å². The van der Waals surface area contributed by atoms with Crippen LogP contribution in [0.3, 0.4) is 0 Å². The largest absolute Gasteiger partial charge is 0.416 e. The van der Waals surface area contributed by atoms with Gasteiger partial charge in [-0.3, -0.25) is 4.79 Å². The van der Waals surface area contributed by atoms with E-state index >= 15 is 0 Å². The number of aryl methyl sites for hydroxylation is 1. The van der Waals surface area contributed by atoms with Gasteiger partial charge in [0.1, 0.15) is 5.75 Å². The van der Waals surface area contributed by atoms with Crippen LogP contribution in [0.4, 0.5) is 13.2 Å². The Bertz CT molecular complexity index is 924. The fourth-order valence-electron chi connectivity index (χ4n) is 2.57. The monoisotopic (exact) mass is 399 g/mol. The third-order valence-electron chi connectivity index (χ3n) is 4.08. The predicted octanol–water partition coefficient (Wildman–Crippen LogP) is 3.59. The van der Waals surface area contributed by atoms with Crippen LogP contribution in [-0.4, -0.2) is 32.0 Å². The summed E-state index contributed by atoms with van der Waals surface area (Å²) in [6, 6.07) is 11.5. The molecule has 0 unspecified atom stereocenters. The zero-order valence-electron chi connectivity index (χ0n) is 15.0. The Kier molecular flexibility index (Phi) is 6.30. The summed E-state index contributed by atoms with van der Waals surface area (Å²) in [6.45, 7) is 2.14. The van der Waals surface area contributed by atoms with Crippen molar-refractivity contribution in [3.05, 3.63) is 70.8 Å². The number of benzene rings is 2. The molecule has 0 fully saturated rings. The van der Waals surface area contributed by atoms with Gasteiger partial charge >= 0.3 is 6.18 Å². The molecule has 2 aromatic carbocycles. The molecule has 0 spiro atoms. The lowest BCUT2D eigenvalue weighted by Crippen LogP contribution is -2.32. The van der Waals surface area contributed by atoms with Gasteiger partial charge in [-0.15, -0.1) is 0 Å². The SMILES string of the molecule is Cc1ccccc1CN(C)C(=O)CS(=O)(=O)Cc1cccc(C(F)(F)F)c1. The van der Waals surface area contributed by atoms with Crippen LogP contribution in [0.2, 0.25) is 0 Å². The van der Waals surface area contributed by atoms with Gasteiger partial charge in [0, 0.05) is 13.6 Å². The van der Waals surface area contributed by atoms with E-state index in [1.54, 1.807) is 0 Å². The number of nitrogens with zero attached hydrogens (tertiary/aromatic N) is 1. The highest BCUT2D eigenvalue weighted by molar-refractivity contribution is 7.91. The molecule has 0 heterocycles. The van der Waals surface area contributed by atoms with E-state index in [2.05, 4.69) is 0 Å². The quantitative estimate of drug-likeness (QED) is 0.746. The molecule has 0 aliphatic carbocycles. The van der Waals surface area contributed by atoms with Crippen molar-refractivity contribution in [2.45, 2.75) is 25.4 Å². The molecule has 0 saturated carbocycles. The number of halogens is 3. The van der Waals surface area contributed by atoms with Crippen molar-refractivity contribution >= 4 is 15.7 Å². The molecule has 27 heavy (non-hydrogen) atoms. The molecule has 0 aromatic heterocycles. The van der Waals surface area contributed by atoms with E-state index in [1.165, 1.54) is 18.0 Å². The number of carbonyl (C=O) groups is 1. The minimum Gasteiger partial charge on any atom is -0.341 e. The molecular weight excluding hydrogens is 379 g/mol. The Labute approximate surface area is 156 Å². The number of hydrogen-bond acceptors (Lipinski definition) is 3. The zero-order chi connectivity index (χ0) is 20.2. The minimum absolute atomic E-state index is 0.000758. The first-order chi connectivity index (χ1) is 12.5. The third-order valence-corrected chi connectivity index (χ3v) is 5.54. The summed E-state index contributed by atoms with van der Waals surface area (Å²) in [5.41, 5.74) is 0.949. The molecule has 0 N–H and O–H groups in total. The maximum absolute atomic E-state index is 12.7. The minimum atomic E-state index is -4.55. The van der Waals surface area contributed by atoms with Crippen LogP contribution in [0.25, 0.3) is 0 Å². The highest BCUT2D eigenvalue weighted by atomic mass is 32.2. The van der Waals surface area contributed by atoms with Crippen LogP contribution in [0.5, 0.6) is 0 Å². The molecule has 2 rings (SSSR count). The number of hydrogen-bond donors (Lipinski definition) is 0. The maximum atomic E-state index is 12.7. The number of carbonyl (C=O) groups excluding carboxylic acids is 1. The first-order valence-corrected chi connectivity index (χ1v) is 9.95. The number of amides is 1. The number of alkyl halides is 3. The lowest BCUT2D eigenvalue weighted by Gasteiger charge is -2.18. The second kappa shape index (κ2) is 8.12. The van der Waals surface area contributed by atoms with Crippen LogP contribution in [0, 0.1) is 6.92 Å². The lowest BCUT2D eigenvalue weighted by molar-refractivity contribution is -0.137. The Morgan fingerprint density at radius 2 is 1.74 bits per heavy atom. The van der Waals surface area contributed by atoms with Crippen LogP contribution in [0.15, 0.2) is 48.5 Å². The average molecular weight is 399 g/mol. The standard InChI is InChI=1S/C19H20F3NO3S/c1-14-6-3-4-8-16(14)11-23(2)18(24)13-27(25,26)12-15-7-5-9-17(10-15)19(20,21)22/h3-10H,11-13H2,1-2H3. The lowest BCUT2D eigenvalue weighted by atomic mass is 10.1. The van der Waals surface area contributed by atoms with Gasteiger partial charge in [-0.2, -0.15) is 13.2 Å². The normalized spacial score (nSPS) is 12.0. The van der Waals surface area contributed by atoms with Crippen LogP contribution < -0.4 is 0 Å². The highest BCUT2D eigenvalue weighted by Crippen LogP contribution is 2.29. The van der Waals surface area contributed by atoms with Gasteiger partial charge < -0.3 is 4.90 Å². The summed E-state index contributed by atoms with van der Waals surface area (Å²) in [7, 11) is -2.41. The van der Waals surface area contributed by atoms with Gasteiger partial charge in [0.2, 0.25) is 5.91 Å². The summed E-state index contributed by atoms with van der Waals surface area (Å²) in [5.74, 6) is -1.99. The van der Waals surface area contributed by atoms with Crippen molar-refractivity contribution < 1.29 is 26.4 Å². The Balaban J connectivity index is 2.05. The Morgan fingerprint density at radius 3 is 2.37 bits per heavy atom. The van der Waals surface area contributed by atoms with Crippen molar-refractivity contribution in [3.63, 3.8) is 0 Å². The third kappa shape index (κ3) is 6.09. The van der Waals surface area contributed by atoms with Crippen molar-refractivity contribution in [2.24, 2.45) is 0 Å². The van der Waals surface area contributed by atoms with Gasteiger partial charge in [-0.25, -0.2) is 8.42 Å². The molecule has 0 aliphatic rings. The van der Waals surface area contributed by atoms with E-state index in [4.69, 9.17) is 0 Å². The Morgan fingerprint density at radius 1 is 1.07 bits per heavy atom. The van der Waals surface area contributed by atoms with Crippen LogP contribution in [0.1, 0.15) is 22.3 Å². The van der Waals surface area contributed by atoms with Crippen molar-refractivity contribution in [2.75, 3.05) is 12.8 Å². The van der Waals surface area contributed by atoms with Crippen LogP contribution in [-0.2, 0) is 33.1 Å². The highest BCUT2D eigenvalue weighted by Gasteiger charge is 2.31. The second-order valence-electron chi connectivity index (χ2n) is 6.41. The second-order valence-corrected chi connectivity index (χ2v) is 8.47. The van der Waals surface area contributed by atoms with Gasteiger partial charge in [-0.05, 0) is 29.7 Å². The van der Waals surface area contributed by atoms with Gasteiger partial charge in [0.05, 0.1) is 11.3 Å². The van der Waals surface area contributed by atoms with Crippen molar-refractivity contribution in [1.29, 1.82) is 0 Å². The summed E-state index contributed by atoms with van der Waals surface area (Å²) in [6.07, 6.45) is -4.55. The fraction of sp³-hybridized carbons (Fsp3) is 0.316. The van der Waals surface area contributed by atoms with Gasteiger partial charge in [-0.1, -0.05) is 42.5 Å².